The van der Waals surface area contributed by atoms with E-state index in [1.807, 2.05) is 25.1 Å². The van der Waals surface area contributed by atoms with E-state index in [9.17, 15) is 9.59 Å². The number of carbonyl (C=O) groups excluding carboxylic acids is 1. The highest BCUT2D eigenvalue weighted by Gasteiger charge is 2.34. The molecule has 1 aliphatic rings. The number of hydrogen-bond donors (Lipinski definition) is 2. The van der Waals surface area contributed by atoms with E-state index in [1.54, 1.807) is 7.11 Å². The van der Waals surface area contributed by atoms with Gasteiger partial charge in [0.25, 0.3) is 0 Å². The van der Waals surface area contributed by atoms with Crippen molar-refractivity contribution in [2.45, 2.75) is 58.4 Å². The van der Waals surface area contributed by atoms with Gasteiger partial charge in [0.2, 0.25) is 5.91 Å². The molecule has 1 unspecified atom stereocenters. The van der Waals surface area contributed by atoms with Crippen LogP contribution in [0.15, 0.2) is 18.2 Å². The molecule has 1 aliphatic carbocycles. The number of ether oxygens (including phenoxy) is 2. The minimum atomic E-state index is -0.808. The monoisotopic (exact) mass is 377 g/mol. The number of carboxylic acids is 1. The number of nitrogens with one attached hydrogen (secondary N) is 1. The van der Waals surface area contributed by atoms with E-state index in [2.05, 4.69) is 12.2 Å². The molecule has 0 spiro atoms. The van der Waals surface area contributed by atoms with E-state index in [1.165, 1.54) is 0 Å². The summed E-state index contributed by atoms with van der Waals surface area (Å²) in [6.07, 6.45) is 4.90. The average molecular weight is 377 g/mol. The molecule has 27 heavy (non-hydrogen) atoms. The molecule has 2 N–H and O–H groups in total. The molecule has 1 aromatic rings. The van der Waals surface area contributed by atoms with Crippen molar-refractivity contribution in [3.8, 4) is 11.5 Å². The highest BCUT2D eigenvalue weighted by atomic mass is 16.5. The molecule has 1 aromatic carbocycles. The van der Waals surface area contributed by atoms with Crippen molar-refractivity contribution in [2.24, 2.45) is 11.8 Å². The molecule has 1 amide bonds. The maximum atomic E-state index is 12.5. The molecule has 0 aliphatic heterocycles. The van der Waals surface area contributed by atoms with Gasteiger partial charge in [0.15, 0.2) is 11.5 Å². The number of rotatable bonds is 10. The Balaban J connectivity index is 1.94. The lowest BCUT2D eigenvalue weighted by Gasteiger charge is -2.19. The smallest absolute Gasteiger partial charge is 0.306 e. The summed E-state index contributed by atoms with van der Waals surface area (Å²) < 4.78 is 11.2. The normalized spacial score (nSPS) is 20.1. The first kappa shape index (κ1) is 21.1. The number of unbranched alkanes of at least 4 members (excludes halogenated alkanes) is 2. The summed E-state index contributed by atoms with van der Waals surface area (Å²) in [7, 11) is 1.60. The Kier molecular flexibility index (Phi) is 7.95. The molecule has 2 rings (SSSR count). The number of aliphatic carboxylic acids is 1. The summed E-state index contributed by atoms with van der Waals surface area (Å²) in [5, 5.41) is 12.1. The molecular formula is C21H31NO5. The van der Waals surface area contributed by atoms with E-state index < -0.39 is 11.9 Å². The minimum Gasteiger partial charge on any atom is -0.493 e. The number of methoxy groups -OCH3 is 1. The van der Waals surface area contributed by atoms with Gasteiger partial charge in [-0.3, -0.25) is 9.59 Å². The topological polar surface area (TPSA) is 84.9 Å². The van der Waals surface area contributed by atoms with Crippen LogP contribution >= 0.6 is 0 Å². The van der Waals surface area contributed by atoms with Crippen LogP contribution < -0.4 is 14.8 Å². The lowest BCUT2D eigenvalue weighted by atomic mass is 10.0. The van der Waals surface area contributed by atoms with Crippen LogP contribution in [0.4, 0.5) is 0 Å². The summed E-state index contributed by atoms with van der Waals surface area (Å²) in [4.78, 5) is 23.5. The fourth-order valence-corrected chi connectivity index (χ4v) is 3.47. The highest BCUT2D eigenvalue weighted by Crippen LogP contribution is 2.33. The molecule has 1 fully saturated rings. The standard InChI is InChI=1S/C21H31NO5/c1-4-5-6-11-27-18-10-9-15(13-19(18)26-3)14(2)22-20(23)16-7-8-17(12-16)21(24)25/h9-10,13-14,16-17H,4-8,11-12H2,1-3H3,(H,22,23)(H,24,25)/t14?,16-,17+/m1/s1. The maximum Gasteiger partial charge on any atom is 0.306 e. The van der Waals surface area contributed by atoms with Gasteiger partial charge in [-0.05, 0) is 50.3 Å². The van der Waals surface area contributed by atoms with Gasteiger partial charge in [0.05, 0.1) is 25.7 Å². The third kappa shape index (κ3) is 5.88. The molecule has 150 valence electrons. The Morgan fingerprint density at radius 3 is 2.59 bits per heavy atom. The number of carbonyl (C=O) groups is 2. The van der Waals surface area contributed by atoms with Gasteiger partial charge in [-0.25, -0.2) is 0 Å². The van der Waals surface area contributed by atoms with Crippen LogP contribution in [0, 0.1) is 11.8 Å². The number of benzene rings is 1. The number of carboxylic acid groups (broad SMARTS) is 1. The van der Waals surface area contributed by atoms with Crippen LogP contribution in [-0.4, -0.2) is 30.7 Å². The Labute approximate surface area is 161 Å². The third-order valence-electron chi connectivity index (χ3n) is 5.20. The second-order valence-corrected chi connectivity index (χ2v) is 7.24. The van der Waals surface area contributed by atoms with Crippen LogP contribution in [0.1, 0.15) is 64.0 Å². The first-order valence-corrected chi connectivity index (χ1v) is 9.80. The lowest BCUT2D eigenvalue weighted by Crippen LogP contribution is -2.32. The predicted octanol–water partition coefficient (Wildman–Crippen LogP) is 3.94. The van der Waals surface area contributed by atoms with Crippen LogP contribution in [-0.2, 0) is 9.59 Å². The molecule has 0 radical (unpaired) electrons. The molecule has 0 saturated heterocycles. The van der Waals surface area contributed by atoms with Gasteiger partial charge in [0, 0.05) is 5.92 Å². The number of hydrogen-bond acceptors (Lipinski definition) is 4. The molecule has 0 aromatic heterocycles. The van der Waals surface area contributed by atoms with Gasteiger partial charge >= 0.3 is 5.97 Å². The first-order valence-electron chi connectivity index (χ1n) is 9.80. The molecule has 0 heterocycles. The molecular weight excluding hydrogens is 346 g/mol. The third-order valence-corrected chi connectivity index (χ3v) is 5.20. The van der Waals surface area contributed by atoms with Crippen LogP contribution in [0.25, 0.3) is 0 Å². The summed E-state index contributed by atoms with van der Waals surface area (Å²) in [6, 6.07) is 5.50. The van der Waals surface area contributed by atoms with Crippen molar-refractivity contribution in [3.05, 3.63) is 23.8 Å². The van der Waals surface area contributed by atoms with E-state index in [0.29, 0.717) is 37.4 Å². The summed E-state index contributed by atoms with van der Waals surface area (Å²) >= 11 is 0. The lowest BCUT2D eigenvalue weighted by molar-refractivity contribution is -0.141. The molecule has 1 saturated carbocycles. The van der Waals surface area contributed by atoms with E-state index in [4.69, 9.17) is 14.6 Å². The zero-order chi connectivity index (χ0) is 19.8. The summed E-state index contributed by atoms with van der Waals surface area (Å²) in [5.41, 5.74) is 0.925. The Morgan fingerprint density at radius 1 is 1.22 bits per heavy atom. The zero-order valence-electron chi connectivity index (χ0n) is 16.5. The van der Waals surface area contributed by atoms with Gasteiger partial charge in [-0.1, -0.05) is 25.8 Å². The van der Waals surface area contributed by atoms with Crippen molar-refractivity contribution < 1.29 is 24.2 Å². The zero-order valence-corrected chi connectivity index (χ0v) is 16.5. The highest BCUT2D eigenvalue weighted by molar-refractivity contribution is 5.81. The van der Waals surface area contributed by atoms with Crippen molar-refractivity contribution in [1.29, 1.82) is 0 Å². The quantitative estimate of drug-likeness (QED) is 0.603. The van der Waals surface area contributed by atoms with Gasteiger partial charge < -0.3 is 19.9 Å². The Bertz CT molecular complexity index is 645. The minimum absolute atomic E-state index is 0.0786. The second kappa shape index (κ2) is 10.2. The second-order valence-electron chi connectivity index (χ2n) is 7.24. The summed E-state index contributed by atoms with van der Waals surface area (Å²) in [5.74, 6) is -0.160. The average Bonchev–Trinajstić information content (AvgIpc) is 3.16. The molecule has 3 atom stereocenters. The maximum absolute atomic E-state index is 12.5. The Hall–Kier alpha value is -2.24. The van der Waals surface area contributed by atoms with Crippen molar-refractivity contribution >= 4 is 11.9 Å². The van der Waals surface area contributed by atoms with Crippen LogP contribution in [0.5, 0.6) is 11.5 Å². The van der Waals surface area contributed by atoms with Crippen molar-refractivity contribution in [2.75, 3.05) is 13.7 Å². The fraction of sp³-hybridized carbons (Fsp3) is 0.619. The summed E-state index contributed by atoms with van der Waals surface area (Å²) in [6.45, 7) is 4.72. The largest absolute Gasteiger partial charge is 0.493 e. The molecule has 0 bridgehead atoms. The van der Waals surface area contributed by atoms with Crippen molar-refractivity contribution in [3.63, 3.8) is 0 Å². The van der Waals surface area contributed by atoms with E-state index >= 15 is 0 Å². The van der Waals surface area contributed by atoms with E-state index in [-0.39, 0.29) is 17.9 Å². The van der Waals surface area contributed by atoms with Crippen LogP contribution in [0.2, 0.25) is 0 Å². The Morgan fingerprint density at radius 2 is 1.96 bits per heavy atom. The van der Waals surface area contributed by atoms with Crippen LogP contribution in [0.3, 0.4) is 0 Å². The van der Waals surface area contributed by atoms with Gasteiger partial charge in [0.1, 0.15) is 0 Å². The van der Waals surface area contributed by atoms with Gasteiger partial charge in [-0.2, -0.15) is 0 Å². The molecule has 6 nitrogen and oxygen atoms in total. The van der Waals surface area contributed by atoms with E-state index in [0.717, 1.165) is 24.8 Å². The van der Waals surface area contributed by atoms with Crippen molar-refractivity contribution in [1.82, 2.24) is 5.32 Å². The first-order chi connectivity index (χ1) is 13.0. The van der Waals surface area contributed by atoms with Gasteiger partial charge in [-0.15, -0.1) is 0 Å². The fourth-order valence-electron chi connectivity index (χ4n) is 3.47. The number of amides is 1. The molecule has 6 heteroatoms. The SMILES string of the molecule is CCCCCOc1ccc(C(C)NC(=O)[C@@H]2CC[C@H](C(=O)O)C2)cc1OC. The predicted molar refractivity (Wildman–Crippen MR) is 103 cm³/mol.